The zero-order valence-electron chi connectivity index (χ0n) is 16.7. The van der Waals surface area contributed by atoms with Crippen molar-refractivity contribution in [2.75, 3.05) is 11.9 Å². The summed E-state index contributed by atoms with van der Waals surface area (Å²) in [4.78, 5) is 13.2. The maximum atomic E-state index is 5.85. The second kappa shape index (κ2) is 9.57. The first kappa shape index (κ1) is 20.8. The minimum atomic E-state index is 0.179. The Hall–Kier alpha value is -3.46. The van der Waals surface area contributed by atoms with E-state index in [4.69, 9.17) is 11.2 Å². The van der Waals surface area contributed by atoms with Crippen molar-refractivity contribution >= 4 is 28.5 Å². The van der Waals surface area contributed by atoms with Crippen molar-refractivity contribution < 1.29 is 4.74 Å². The van der Waals surface area contributed by atoms with E-state index >= 15 is 0 Å². The van der Waals surface area contributed by atoms with Crippen LogP contribution in [0, 0.1) is 16.0 Å². The van der Waals surface area contributed by atoms with Crippen LogP contribution in [0.1, 0.15) is 11.3 Å². The molecule has 0 aliphatic carbocycles. The number of terminal acetylenes is 1. The lowest BCUT2D eigenvalue weighted by atomic mass is 10.2. The highest BCUT2D eigenvalue weighted by atomic mass is 127. The third-order valence-corrected chi connectivity index (χ3v) is 5.57. The quantitative estimate of drug-likeness (QED) is 0.279. The first-order chi connectivity index (χ1) is 15.1. The summed E-state index contributed by atoms with van der Waals surface area (Å²) in [6, 6.07) is 14.1. The van der Waals surface area contributed by atoms with E-state index < -0.39 is 0 Å². The molecule has 0 saturated heterocycles. The second-order valence-corrected chi connectivity index (χ2v) is 7.61. The Morgan fingerprint density at radius 2 is 1.97 bits per heavy atom. The second-order valence-electron chi connectivity index (χ2n) is 6.59. The van der Waals surface area contributed by atoms with E-state index in [9.17, 15) is 0 Å². The van der Waals surface area contributed by atoms with Gasteiger partial charge in [-0.05, 0) is 40.3 Å². The smallest absolute Gasteiger partial charge is 0.322 e. The Kier molecular flexibility index (Phi) is 6.42. The monoisotopic (exact) mass is 526 g/mol. The predicted octanol–water partition coefficient (Wildman–Crippen LogP) is 2.75. The number of nitrogens with zero attached hydrogens (tertiary/aromatic N) is 7. The molecular weight excluding hydrogens is 507 g/mol. The lowest BCUT2D eigenvalue weighted by molar-refractivity contribution is 0.275. The van der Waals surface area contributed by atoms with Gasteiger partial charge < -0.3 is 14.6 Å². The summed E-state index contributed by atoms with van der Waals surface area (Å²) in [6.07, 6.45) is 7.26. The molecule has 0 saturated carbocycles. The van der Waals surface area contributed by atoms with Crippen LogP contribution in [-0.2, 0) is 20.2 Å². The SMILES string of the molecule is C#CCNc1nc(OCc2nnn(Cc3ccccc3)c2I)nc(-c2cccn2C)n1. The van der Waals surface area contributed by atoms with E-state index in [1.165, 1.54) is 0 Å². The number of ether oxygens (including phenoxy) is 1. The summed E-state index contributed by atoms with van der Waals surface area (Å²) in [5, 5.41) is 11.5. The Morgan fingerprint density at radius 3 is 2.71 bits per heavy atom. The fourth-order valence-corrected chi connectivity index (χ4v) is 3.38. The molecule has 4 aromatic rings. The van der Waals surface area contributed by atoms with Gasteiger partial charge in [-0.25, -0.2) is 4.68 Å². The fourth-order valence-electron chi connectivity index (χ4n) is 2.85. The highest BCUT2D eigenvalue weighted by Gasteiger charge is 2.15. The molecule has 0 radical (unpaired) electrons. The van der Waals surface area contributed by atoms with Gasteiger partial charge in [-0.3, -0.25) is 0 Å². The first-order valence-electron chi connectivity index (χ1n) is 9.43. The molecule has 0 aliphatic rings. The molecule has 31 heavy (non-hydrogen) atoms. The van der Waals surface area contributed by atoms with Crippen LogP contribution in [0.4, 0.5) is 5.95 Å². The molecule has 0 amide bonds. The van der Waals surface area contributed by atoms with Crippen LogP contribution < -0.4 is 10.1 Å². The summed E-state index contributed by atoms with van der Waals surface area (Å²) < 4.78 is 10.5. The van der Waals surface area contributed by atoms with Gasteiger partial charge in [0.25, 0.3) is 0 Å². The molecule has 3 aromatic heterocycles. The number of aryl methyl sites for hydroxylation is 1. The molecular formula is C21H19IN8O. The Balaban J connectivity index is 1.53. The summed E-state index contributed by atoms with van der Waals surface area (Å²) in [7, 11) is 1.92. The van der Waals surface area contributed by atoms with Gasteiger partial charge in [0.15, 0.2) is 5.82 Å². The number of anilines is 1. The first-order valence-corrected chi connectivity index (χ1v) is 10.5. The van der Waals surface area contributed by atoms with Crippen molar-refractivity contribution in [2.45, 2.75) is 13.2 Å². The maximum absolute atomic E-state index is 5.85. The van der Waals surface area contributed by atoms with Gasteiger partial charge in [-0.1, -0.05) is 41.5 Å². The number of nitrogens with one attached hydrogen (secondary N) is 1. The molecule has 0 spiro atoms. The van der Waals surface area contributed by atoms with E-state index in [0.29, 0.717) is 30.6 Å². The molecule has 0 bridgehead atoms. The average molecular weight is 526 g/mol. The third kappa shape index (κ3) is 5.00. The van der Waals surface area contributed by atoms with Crippen molar-refractivity contribution in [3.05, 3.63) is 63.6 Å². The van der Waals surface area contributed by atoms with E-state index in [1.54, 1.807) is 0 Å². The molecule has 0 atom stereocenters. The minimum Gasteiger partial charge on any atom is -0.457 e. The molecule has 9 nitrogen and oxygen atoms in total. The lowest BCUT2D eigenvalue weighted by Crippen LogP contribution is -2.10. The average Bonchev–Trinajstić information content (AvgIpc) is 3.37. The van der Waals surface area contributed by atoms with Gasteiger partial charge in [0.2, 0.25) is 5.95 Å². The van der Waals surface area contributed by atoms with Crippen molar-refractivity contribution in [3.8, 4) is 29.9 Å². The van der Waals surface area contributed by atoms with Gasteiger partial charge in [-0.15, -0.1) is 11.5 Å². The zero-order valence-corrected chi connectivity index (χ0v) is 18.9. The van der Waals surface area contributed by atoms with Gasteiger partial charge in [0.1, 0.15) is 16.0 Å². The van der Waals surface area contributed by atoms with E-state index in [-0.39, 0.29) is 12.6 Å². The number of halogens is 1. The Bertz CT molecular complexity index is 1210. The molecule has 4 rings (SSSR count). The normalized spacial score (nSPS) is 10.6. The Labute approximate surface area is 193 Å². The number of aromatic nitrogens is 7. The largest absolute Gasteiger partial charge is 0.457 e. The van der Waals surface area contributed by atoms with Crippen molar-refractivity contribution in [3.63, 3.8) is 0 Å². The fraction of sp³-hybridized carbons (Fsp3) is 0.190. The topological polar surface area (TPSA) is 95.6 Å². The number of rotatable bonds is 8. The highest BCUT2D eigenvalue weighted by Crippen LogP contribution is 2.20. The molecule has 10 heteroatoms. The number of hydrogen-bond donors (Lipinski definition) is 1. The van der Waals surface area contributed by atoms with Crippen LogP contribution in [-0.4, -0.2) is 41.1 Å². The van der Waals surface area contributed by atoms with Gasteiger partial charge in [0.05, 0.1) is 18.8 Å². The van der Waals surface area contributed by atoms with Crippen LogP contribution >= 0.6 is 22.6 Å². The Morgan fingerprint density at radius 1 is 1.13 bits per heavy atom. The number of hydrogen-bond acceptors (Lipinski definition) is 7. The summed E-state index contributed by atoms with van der Waals surface area (Å²) >= 11 is 2.22. The van der Waals surface area contributed by atoms with E-state index in [2.05, 4.69) is 71.2 Å². The van der Waals surface area contributed by atoms with E-state index in [0.717, 1.165) is 15.0 Å². The molecule has 1 aromatic carbocycles. The van der Waals surface area contributed by atoms with E-state index in [1.807, 2.05) is 52.8 Å². The maximum Gasteiger partial charge on any atom is 0.322 e. The molecule has 3 heterocycles. The van der Waals surface area contributed by atoms with Gasteiger partial charge in [-0.2, -0.15) is 15.0 Å². The third-order valence-electron chi connectivity index (χ3n) is 4.39. The molecule has 1 N–H and O–H groups in total. The van der Waals surface area contributed by atoms with Gasteiger partial charge >= 0.3 is 6.01 Å². The molecule has 0 unspecified atom stereocenters. The van der Waals surface area contributed by atoms with Crippen LogP contribution in [0.5, 0.6) is 6.01 Å². The predicted molar refractivity (Wildman–Crippen MR) is 124 cm³/mol. The standard InChI is InChI=1S/C21H19IN8O/c1-3-11-23-20-24-19(17-10-7-12-29(17)2)25-21(26-20)31-14-16-18(22)30(28-27-16)13-15-8-5-4-6-9-15/h1,4-10,12H,11,13-14H2,2H3,(H,23,24,25,26). The van der Waals surface area contributed by atoms with Crippen molar-refractivity contribution in [1.29, 1.82) is 0 Å². The molecule has 156 valence electrons. The van der Waals surface area contributed by atoms with Crippen LogP contribution in [0.3, 0.4) is 0 Å². The van der Waals surface area contributed by atoms with Gasteiger partial charge in [0, 0.05) is 13.2 Å². The van der Waals surface area contributed by atoms with Crippen molar-refractivity contribution in [1.82, 2.24) is 34.5 Å². The van der Waals surface area contributed by atoms with Crippen LogP contribution in [0.2, 0.25) is 0 Å². The summed E-state index contributed by atoms with van der Waals surface area (Å²) in [5.74, 6) is 3.34. The lowest BCUT2D eigenvalue weighted by Gasteiger charge is -2.09. The minimum absolute atomic E-state index is 0.179. The highest BCUT2D eigenvalue weighted by molar-refractivity contribution is 14.1. The van der Waals surface area contributed by atoms with Crippen LogP contribution in [0.25, 0.3) is 11.5 Å². The molecule has 0 aliphatic heterocycles. The zero-order chi connectivity index (χ0) is 21.6. The van der Waals surface area contributed by atoms with Crippen LogP contribution in [0.15, 0.2) is 48.7 Å². The molecule has 0 fully saturated rings. The number of benzene rings is 1. The summed E-state index contributed by atoms with van der Waals surface area (Å²) in [5.41, 5.74) is 2.68. The van der Waals surface area contributed by atoms with Crippen molar-refractivity contribution in [2.24, 2.45) is 7.05 Å². The summed E-state index contributed by atoms with van der Waals surface area (Å²) in [6.45, 7) is 1.11.